The minimum atomic E-state index is -3.09. The fraction of sp³-hybridized carbons (Fsp3) is 0.381. The van der Waals surface area contributed by atoms with Crippen LogP contribution in [0.25, 0.3) is 5.65 Å². The van der Waals surface area contributed by atoms with E-state index in [1.165, 1.54) is 16.8 Å². The van der Waals surface area contributed by atoms with Crippen molar-refractivity contribution < 1.29 is 27.1 Å². The van der Waals surface area contributed by atoms with Gasteiger partial charge >= 0.3 is 5.97 Å². The number of nitrogens with one attached hydrogen (secondary N) is 1. The molecule has 0 bridgehead atoms. The van der Waals surface area contributed by atoms with Crippen molar-refractivity contribution >= 4 is 33.2 Å². The number of amides is 1. The summed E-state index contributed by atoms with van der Waals surface area (Å²) in [6.45, 7) is 1.34. The summed E-state index contributed by atoms with van der Waals surface area (Å²) in [6, 6.07) is 4.06. The van der Waals surface area contributed by atoms with Crippen LogP contribution < -0.4 is 10.9 Å². The molecule has 3 aromatic heterocycles. The number of halogens is 1. The van der Waals surface area contributed by atoms with E-state index in [9.17, 15) is 27.2 Å². The summed E-state index contributed by atoms with van der Waals surface area (Å²) < 4.78 is 44.0. The third-order valence-corrected chi connectivity index (χ3v) is 7.20. The monoisotopic (exact) mass is 491 g/mol. The number of ether oxygens (including phenoxy) is 1. The van der Waals surface area contributed by atoms with Crippen LogP contribution in [-0.4, -0.2) is 57.6 Å². The molecule has 0 atom stereocenters. The maximum atomic E-state index is 13.1. The first-order valence-corrected chi connectivity index (χ1v) is 12.4. The molecule has 1 aliphatic heterocycles. The van der Waals surface area contributed by atoms with Gasteiger partial charge in [-0.2, -0.15) is 9.61 Å². The molecule has 11 nitrogen and oxygen atoms in total. The molecule has 3 aromatic rings. The van der Waals surface area contributed by atoms with Crippen LogP contribution in [0.5, 0.6) is 0 Å². The van der Waals surface area contributed by atoms with Crippen LogP contribution >= 0.6 is 0 Å². The maximum absolute atomic E-state index is 13.1. The fourth-order valence-electron chi connectivity index (χ4n) is 3.78. The number of fused-ring (bicyclic) bond motifs is 1. The second kappa shape index (κ2) is 9.33. The van der Waals surface area contributed by atoms with Crippen molar-refractivity contribution in [2.24, 2.45) is 0 Å². The molecule has 4 heterocycles. The molecule has 13 heteroatoms. The molecule has 1 N–H and O–H groups in total. The van der Waals surface area contributed by atoms with E-state index in [2.05, 4.69) is 15.4 Å². The Kier molecular flexibility index (Phi) is 6.46. The summed E-state index contributed by atoms with van der Waals surface area (Å²) in [7, 11) is -3.09. The van der Waals surface area contributed by atoms with E-state index in [0.717, 1.165) is 16.8 Å². The van der Waals surface area contributed by atoms with Gasteiger partial charge in [0.25, 0.3) is 5.56 Å². The van der Waals surface area contributed by atoms with Gasteiger partial charge in [-0.3, -0.25) is 9.59 Å². The van der Waals surface area contributed by atoms with E-state index in [4.69, 9.17) is 4.74 Å². The quantitative estimate of drug-likeness (QED) is 0.506. The molecule has 1 fully saturated rings. The number of hydrogen-bond donors (Lipinski definition) is 1. The Balaban J connectivity index is 1.70. The number of nitrogens with zero attached hydrogens (tertiary/aromatic N) is 4. The topological polar surface area (TPSA) is 142 Å². The van der Waals surface area contributed by atoms with Crippen LogP contribution in [0.15, 0.2) is 35.4 Å². The van der Waals surface area contributed by atoms with Crippen LogP contribution in [0.3, 0.4) is 0 Å². The lowest BCUT2D eigenvalue weighted by Crippen LogP contribution is -2.29. The Bertz CT molecular complexity index is 1400. The number of hydrogen-bond acceptors (Lipinski definition) is 8. The first-order valence-electron chi connectivity index (χ1n) is 10.6. The Morgan fingerprint density at radius 2 is 2.00 bits per heavy atom. The van der Waals surface area contributed by atoms with E-state index < -0.39 is 33.1 Å². The Labute approximate surface area is 193 Å². The number of carbonyl (C=O) groups excluding carboxylic acids is 2. The van der Waals surface area contributed by atoms with Crippen molar-refractivity contribution in [2.75, 3.05) is 23.4 Å². The molecule has 0 aliphatic carbocycles. The molecule has 1 aliphatic rings. The summed E-state index contributed by atoms with van der Waals surface area (Å²) in [6.07, 6.45) is 2.91. The van der Waals surface area contributed by atoms with Gasteiger partial charge in [-0.1, -0.05) is 0 Å². The smallest absolute Gasteiger partial charge is 0.345 e. The molecular formula is C21H22FN5O6S. The van der Waals surface area contributed by atoms with E-state index >= 15 is 0 Å². The van der Waals surface area contributed by atoms with Crippen molar-refractivity contribution in [1.29, 1.82) is 0 Å². The third kappa shape index (κ3) is 4.98. The van der Waals surface area contributed by atoms with E-state index in [1.54, 1.807) is 13.0 Å². The molecule has 0 unspecified atom stereocenters. The number of carbonyl (C=O) groups is 2. The van der Waals surface area contributed by atoms with E-state index in [1.807, 2.05) is 0 Å². The lowest BCUT2D eigenvalue weighted by Gasteiger charge is -2.19. The number of esters is 1. The molecule has 180 valence electrons. The molecule has 0 saturated carbocycles. The predicted molar refractivity (Wildman–Crippen MR) is 119 cm³/mol. The summed E-state index contributed by atoms with van der Waals surface area (Å²) in [4.78, 5) is 41.7. The second-order valence-electron chi connectivity index (χ2n) is 7.87. The van der Waals surface area contributed by atoms with Crippen molar-refractivity contribution in [3.05, 3.63) is 58.0 Å². The largest absolute Gasteiger partial charge is 0.462 e. The molecule has 4 rings (SSSR count). The van der Waals surface area contributed by atoms with E-state index in [0.29, 0.717) is 18.5 Å². The molecule has 0 spiro atoms. The zero-order chi connectivity index (χ0) is 24.5. The van der Waals surface area contributed by atoms with Crippen LogP contribution in [-0.2, 0) is 25.9 Å². The SMILES string of the molecule is CCOC(=O)c1cn(CC(=O)Nc2ccc(F)cn2)c2cc(C3CCS(=O)(=O)CC3)nn2c1=O. The lowest BCUT2D eigenvalue weighted by molar-refractivity contribution is -0.116. The maximum Gasteiger partial charge on any atom is 0.345 e. The molecular weight excluding hydrogens is 469 g/mol. The highest BCUT2D eigenvalue weighted by Crippen LogP contribution is 2.28. The van der Waals surface area contributed by atoms with Crippen molar-refractivity contribution in [3.63, 3.8) is 0 Å². The van der Waals surface area contributed by atoms with Gasteiger partial charge in [0.1, 0.15) is 39.2 Å². The Morgan fingerprint density at radius 3 is 2.65 bits per heavy atom. The summed E-state index contributed by atoms with van der Waals surface area (Å²) >= 11 is 0. The molecule has 0 aromatic carbocycles. The number of sulfone groups is 1. The van der Waals surface area contributed by atoms with Gasteiger partial charge < -0.3 is 14.6 Å². The zero-order valence-electron chi connectivity index (χ0n) is 18.2. The summed E-state index contributed by atoms with van der Waals surface area (Å²) in [5, 5.41) is 6.87. The highest BCUT2D eigenvalue weighted by Gasteiger charge is 2.28. The molecule has 34 heavy (non-hydrogen) atoms. The van der Waals surface area contributed by atoms with Crippen molar-refractivity contribution in [3.8, 4) is 0 Å². The van der Waals surface area contributed by atoms with Crippen LogP contribution in [0, 0.1) is 5.82 Å². The van der Waals surface area contributed by atoms with Gasteiger partial charge in [-0.05, 0) is 31.9 Å². The van der Waals surface area contributed by atoms with Crippen LogP contribution in [0.2, 0.25) is 0 Å². The fourth-order valence-corrected chi connectivity index (χ4v) is 5.27. The number of aromatic nitrogens is 4. The predicted octanol–water partition coefficient (Wildman–Crippen LogP) is 1.14. The van der Waals surface area contributed by atoms with Crippen LogP contribution in [0.4, 0.5) is 10.2 Å². The van der Waals surface area contributed by atoms with Crippen molar-refractivity contribution in [2.45, 2.75) is 32.2 Å². The molecule has 1 amide bonds. The minimum Gasteiger partial charge on any atom is -0.462 e. The number of rotatable bonds is 6. The van der Waals surface area contributed by atoms with Crippen molar-refractivity contribution in [1.82, 2.24) is 19.2 Å². The highest BCUT2D eigenvalue weighted by molar-refractivity contribution is 7.91. The normalized spacial score (nSPS) is 15.8. The highest BCUT2D eigenvalue weighted by atomic mass is 32.2. The minimum absolute atomic E-state index is 0.0247. The van der Waals surface area contributed by atoms with Gasteiger partial charge in [-0.25, -0.2) is 22.6 Å². The van der Waals surface area contributed by atoms with Gasteiger partial charge in [-0.15, -0.1) is 0 Å². The van der Waals surface area contributed by atoms with E-state index in [-0.39, 0.29) is 47.6 Å². The Hall–Kier alpha value is -3.61. The molecule has 0 radical (unpaired) electrons. The first kappa shape index (κ1) is 23.5. The Morgan fingerprint density at radius 1 is 1.26 bits per heavy atom. The van der Waals surface area contributed by atoms with Gasteiger partial charge in [0, 0.05) is 18.2 Å². The number of pyridine rings is 1. The zero-order valence-corrected chi connectivity index (χ0v) is 19.0. The summed E-state index contributed by atoms with van der Waals surface area (Å²) in [5.74, 6) is -1.95. The third-order valence-electron chi connectivity index (χ3n) is 5.49. The summed E-state index contributed by atoms with van der Waals surface area (Å²) in [5.41, 5.74) is -0.256. The molecule has 1 saturated heterocycles. The number of anilines is 1. The first-order chi connectivity index (χ1) is 16.2. The van der Waals surface area contributed by atoms with Gasteiger partial charge in [0.2, 0.25) is 5.91 Å². The van der Waals surface area contributed by atoms with Gasteiger partial charge in [0.15, 0.2) is 0 Å². The van der Waals surface area contributed by atoms with Gasteiger partial charge in [0.05, 0.1) is 30.0 Å². The average Bonchev–Trinajstić information content (AvgIpc) is 3.23. The van der Waals surface area contributed by atoms with Crippen LogP contribution in [0.1, 0.15) is 41.7 Å². The second-order valence-corrected chi connectivity index (χ2v) is 10.2. The average molecular weight is 492 g/mol. The standard InChI is InChI=1S/C21H22FN5O6S/c1-2-33-21(30)15-11-26(12-18(28)24-17-4-3-14(22)10-23-17)19-9-16(25-27(19)20(15)29)13-5-7-34(31,32)8-6-13/h3-4,9-11,13H,2,5-8,12H2,1H3,(H,23,24,28). The lowest BCUT2D eigenvalue weighted by atomic mass is 9.99.